The number of nitrogens with zero attached hydrogens (tertiary/aromatic N) is 2. The van der Waals surface area contributed by atoms with Crippen LogP contribution in [0.25, 0.3) is 11.0 Å². The molecule has 7 heteroatoms. The zero-order chi connectivity index (χ0) is 16.2. The lowest BCUT2D eigenvalue weighted by molar-refractivity contribution is -0.129. The van der Waals surface area contributed by atoms with Gasteiger partial charge in [-0.15, -0.1) is 0 Å². The predicted octanol–water partition coefficient (Wildman–Crippen LogP) is 0.179. The number of primary amides is 1. The Labute approximate surface area is 133 Å². The van der Waals surface area contributed by atoms with E-state index in [1.807, 2.05) is 24.3 Å². The molecule has 1 aromatic heterocycles. The molecule has 0 bridgehead atoms. The van der Waals surface area contributed by atoms with Gasteiger partial charge >= 0.3 is 0 Å². The number of ether oxygens (including phenoxy) is 1. The summed E-state index contributed by atoms with van der Waals surface area (Å²) in [6, 6.07) is 6.65. The highest BCUT2D eigenvalue weighted by atomic mass is 16.5. The van der Waals surface area contributed by atoms with E-state index in [9.17, 15) is 9.59 Å². The molecule has 1 saturated heterocycles. The number of carbonyl (C=O) groups excluding carboxylic acids is 2. The number of hydrogen-bond donors (Lipinski definition) is 2. The number of rotatable bonds is 5. The molecule has 2 atom stereocenters. The van der Waals surface area contributed by atoms with Crippen molar-refractivity contribution in [1.82, 2.24) is 15.3 Å². The Bertz CT molecular complexity index is 728. The highest BCUT2D eigenvalue weighted by Crippen LogP contribution is 2.13. The summed E-state index contributed by atoms with van der Waals surface area (Å²) >= 11 is 0. The van der Waals surface area contributed by atoms with Crippen LogP contribution >= 0.6 is 0 Å². The molecule has 0 unspecified atom stereocenters. The lowest BCUT2D eigenvalue weighted by Crippen LogP contribution is -2.48. The summed E-state index contributed by atoms with van der Waals surface area (Å²) in [5.74, 6) is -1.02. The van der Waals surface area contributed by atoms with Crippen LogP contribution in [0.1, 0.15) is 12.1 Å². The number of aromatic nitrogens is 2. The average Bonchev–Trinajstić information content (AvgIpc) is 3.08. The van der Waals surface area contributed by atoms with Gasteiger partial charge in [0.2, 0.25) is 11.8 Å². The number of amides is 2. The number of nitrogens with one attached hydrogen (secondary N) is 1. The van der Waals surface area contributed by atoms with E-state index in [1.54, 1.807) is 6.20 Å². The molecule has 3 N–H and O–H groups in total. The van der Waals surface area contributed by atoms with E-state index in [1.165, 1.54) is 0 Å². The SMILES string of the molecule is NC(=O)[C@@H](Cc1cnc2ccccc2n1)NC(=O)[C@@H]1CCOC1. The molecular formula is C16H18N4O3. The topological polar surface area (TPSA) is 107 Å². The first-order valence-corrected chi connectivity index (χ1v) is 7.51. The van der Waals surface area contributed by atoms with Crippen molar-refractivity contribution >= 4 is 22.8 Å². The number of hydrogen-bond acceptors (Lipinski definition) is 5. The van der Waals surface area contributed by atoms with E-state index in [-0.39, 0.29) is 18.2 Å². The number of carbonyl (C=O) groups is 2. The highest BCUT2D eigenvalue weighted by Gasteiger charge is 2.27. The van der Waals surface area contributed by atoms with E-state index in [2.05, 4.69) is 15.3 Å². The molecule has 2 heterocycles. The summed E-state index contributed by atoms with van der Waals surface area (Å²) in [6.07, 6.45) is 2.47. The molecule has 2 amide bonds. The van der Waals surface area contributed by atoms with Gasteiger partial charge in [0.05, 0.1) is 29.3 Å². The molecule has 0 saturated carbocycles. The van der Waals surface area contributed by atoms with Crippen LogP contribution in [0.5, 0.6) is 0 Å². The molecule has 23 heavy (non-hydrogen) atoms. The zero-order valence-electron chi connectivity index (χ0n) is 12.6. The van der Waals surface area contributed by atoms with Gasteiger partial charge in [-0.3, -0.25) is 14.6 Å². The van der Waals surface area contributed by atoms with Gasteiger partial charge in [-0.25, -0.2) is 4.98 Å². The molecule has 1 aliphatic heterocycles. The first-order chi connectivity index (χ1) is 11.1. The monoisotopic (exact) mass is 314 g/mol. The van der Waals surface area contributed by atoms with Crippen LogP contribution in [0.15, 0.2) is 30.5 Å². The van der Waals surface area contributed by atoms with Crippen molar-refractivity contribution in [3.05, 3.63) is 36.2 Å². The molecule has 0 radical (unpaired) electrons. The van der Waals surface area contributed by atoms with E-state index in [0.29, 0.717) is 25.3 Å². The maximum atomic E-state index is 12.1. The van der Waals surface area contributed by atoms with Crippen molar-refractivity contribution in [2.75, 3.05) is 13.2 Å². The van der Waals surface area contributed by atoms with Crippen LogP contribution < -0.4 is 11.1 Å². The minimum Gasteiger partial charge on any atom is -0.381 e. The van der Waals surface area contributed by atoms with Crippen molar-refractivity contribution in [3.63, 3.8) is 0 Å². The Morgan fingerprint density at radius 3 is 2.83 bits per heavy atom. The largest absolute Gasteiger partial charge is 0.381 e. The number of nitrogens with two attached hydrogens (primary N) is 1. The second-order valence-electron chi connectivity index (χ2n) is 5.58. The molecular weight excluding hydrogens is 296 g/mol. The first kappa shape index (κ1) is 15.4. The lowest BCUT2D eigenvalue weighted by atomic mass is 10.1. The normalized spacial score (nSPS) is 18.7. The third-order valence-corrected chi connectivity index (χ3v) is 3.87. The Morgan fingerprint density at radius 2 is 2.13 bits per heavy atom. The standard InChI is InChI=1S/C16H18N4O3/c17-15(21)14(20-16(22)10-5-6-23-9-10)7-11-8-18-12-3-1-2-4-13(12)19-11/h1-4,8,10,14H,5-7,9H2,(H2,17,21)(H,20,22)/t10-,14-/m1/s1. The van der Waals surface area contributed by atoms with Crippen LogP contribution in [-0.4, -0.2) is 41.0 Å². The summed E-state index contributed by atoms with van der Waals surface area (Å²) < 4.78 is 5.19. The molecule has 1 aromatic carbocycles. The Morgan fingerprint density at radius 1 is 1.35 bits per heavy atom. The summed E-state index contributed by atoms with van der Waals surface area (Å²) in [6.45, 7) is 0.947. The summed E-state index contributed by atoms with van der Waals surface area (Å²) in [5.41, 5.74) is 7.53. The predicted molar refractivity (Wildman–Crippen MR) is 83.3 cm³/mol. The van der Waals surface area contributed by atoms with Crippen LogP contribution in [0.4, 0.5) is 0 Å². The number of benzene rings is 1. The van der Waals surface area contributed by atoms with Crippen molar-refractivity contribution < 1.29 is 14.3 Å². The minimum atomic E-state index is -0.807. The lowest BCUT2D eigenvalue weighted by Gasteiger charge is -2.17. The summed E-state index contributed by atoms with van der Waals surface area (Å²) in [7, 11) is 0. The van der Waals surface area contributed by atoms with E-state index < -0.39 is 11.9 Å². The first-order valence-electron chi connectivity index (χ1n) is 7.51. The van der Waals surface area contributed by atoms with Crippen LogP contribution in [0.2, 0.25) is 0 Å². The van der Waals surface area contributed by atoms with Gasteiger partial charge in [-0.05, 0) is 18.6 Å². The molecule has 0 spiro atoms. The Kier molecular flexibility index (Phi) is 4.47. The van der Waals surface area contributed by atoms with Crippen molar-refractivity contribution in [2.24, 2.45) is 11.7 Å². The fourth-order valence-corrected chi connectivity index (χ4v) is 2.56. The molecule has 1 aliphatic rings. The van der Waals surface area contributed by atoms with Gasteiger partial charge in [0.15, 0.2) is 0 Å². The molecule has 7 nitrogen and oxygen atoms in total. The third-order valence-electron chi connectivity index (χ3n) is 3.87. The quantitative estimate of drug-likeness (QED) is 0.818. The van der Waals surface area contributed by atoms with Crippen molar-refractivity contribution in [2.45, 2.75) is 18.9 Å². The van der Waals surface area contributed by atoms with Crippen LogP contribution in [0.3, 0.4) is 0 Å². The van der Waals surface area contributed by atoms with Crippen molar-refractivity contribution in [3.8, 4) is 0 Å². The minimum absolute atomic E-state index is 0.208. The Hall–Kier alpha value is -2.54. The number of para-hydroxylation sites is 2. The number of fused-ring (bicyclic) bond motifs is 1. The van der Waals surface area contributed by atoms with Gasteiger partial charge in [0.1, 0.15) is 6.04 Å². The average molecular weight is 314 g/mol. The summed E-state index contributed by atoms with van der Waals surface area (Å²) in [5, 5.41) is 2.69. The van der Waals surface area contributed by atoms with Crippen molar-refractivity contribution in [1.29, 1.82) is 0 Å². The third kappa shape index (κ3) is 3.62. The molecule has 3 rings (SSSR count). The van der Waals surface area contributed by atoms with Gasteiger partial charge < -0.3 is 15.8 Å². The highest BCUT2D eigenvalue weighted by molar-refractivity contribution is 5.88. The second kappa shape index (κ2) is 6.70. The van der Waals surface area contributed by atoms with E-state index in [0.717, 1.165) is 11.0 Å². The fraction of sp³-hybridized carbons (Fsp3) is 0.375. The maximum absolute atomic E-state index is 12.1. The van der Waals surface area contributed by atoms with E-state index >= 15 is 0 Å². The molecule has 0 aliphatic carbocycles. The Balaban J connectivity index is 1.72. The van der Waals surface area contributed by atoms with Gasteiger partial charge in [0.25, 0.3) is 0 Å². The molecule has 120 valence electrons. The van der Waals surface area contributed by atoms with Crippen LogP contribution in [-0.2, 0) is 20.7 Å². The van der Waals surface area contributed by atoms with E-state index in [4.69, 9.17) is 10.5 Å². The molecule has 2 aromatic rings. The van der Waals surface area contributed by atoms with Gasteiger partial charge in [0, 0.05) is 19.2 Å². The second-order valence-corrected chi connectivity index (χ2v) is 5.58. The summed E-state index contributed by atoms with van der Waals surface area (Å²) in [4.78, 5) is 32.5. The van der Waals surface area contributed by atoms with Gasteiger partial charge in [-0.2, -0.15) is 0 Å². The molecule has 1 fully saturated rings. The van der Waals surface area contributed by atoms with Crippen LogP contribution in [0, 0.1) is 5.92 Å². The fourth-order valence-electron chi connectivity index (χ4n) is 2.56. The smallest absolute Gasteiger partial charge is 0.240 e. The van der Waals surface area contributed by atoms with Gasteiger partial charge in [-0.1, -0.05) is 12.1 Å². The maximum Gasteiger partial charge on any atom is 0.240 e. The zero-order valence-corrected chi connectivity index (χ0v) is 12.6.